The molecule has 1 aliphatic carbocycles. The highest BCUT2D eigenvalue weighted by atomic mass is 16.5. The summed E-state index contributed by atoms with van der Waals surface area (Å²) < 4.78 is 10.5. The van der Waals surface area contributed by atoms with Crippen LogP contribution in [-0.4, -0.2) is 31.1 Å². The number of carbonyl (C=O) groups excluding carboxylic acids is 1. The number of anilines is 1. The van der Waals surface area contributed by atoms with Crippen LogP contribution in [0.25, 0.3) is 0 Å². The van der Waals surface area contributed by atoms with Crippen LogP contribution in [0.1, 0.15) is 30.7 Å². The molecule has 1 aromatic rings. The molecular weight excluding hydrogens is 286 g/mol. The van der Waals surface area contributed by atoms with E-state index in [1.165, 1.54) is 14.2 Å². The number of ether oxygens (including phenoxy) is 2. The summed E-state index contributed by atoms with van der Waals surface area (Å²) in [6.07, 6.45) is 1.81. The molecule has 116 valence electrons. The topological polar surface area (TPSA) is 84.9 Å². The molecule has 0 bridgehead atoms. The molecule has 0 radical (unpaired) electrons. The fourth-order valence-electron chi connectivity index (χ4n) is 3.14. The lowest BCUT2D eigenvalue weighted by Gasteiger charge is -2.32. The normalized spacial score (nSPS) is 19.9. The molecule has 6 nitrogen and oxygen atoms in total. The van der Waals surface area contributed by atoms with Crippen LogP contribution < -0.4 is 14.8 Å². The van der Waals surface area contributed by atoms with Gasteiger partial charge in [-0.1, -0.05) is 0 Å². The lowest BCUT2D eigenvalue weighted by Crippen LogP contribution is -2.30. The molecule has 1 atom stereocenters. The van der Waals surface area contributed by atoms with Gasteiger partial charge in [-0.2, -0.15) is 0 Å². The van der Waals surface area contributed by atoms with E-state index in [0.717, 1.165) is 6.42 Å². The second-order valence-corrected chi connectivity index (χ2v) is 5.36. The van der Waals surface area contributed by atoms with E-state index in [1.54, 1.807) is 12.1 Å². The van der Waals surface area contributed by atoms with Gasteiger partial charge >= 0.3 is 5.97 Å². The van der Waals surface area contributed by atoms with Gasteiger partial charge in [-0.25, -0.2) is 0 Å². The minimum absolute atomic E-state index is 0.0958. The van der Waals surface area contributed by atoms with Crippen LogP contribution in [0, 0.1) is 0 Å². The molecule has 2 aliphatic rings. The minimum Gasteiger partial charge on any atom is -0.493 e. The van der Waals surface area contributed by atoms with Gasteiger partial charge in [0.15, 0.2) is 17.3 Å². The molecule has 1 aliphatic heterocycles. The summed E-state index contributed by atoms with van der Waals surface area (Å²) in [5.41, 5.74) is 2.26. The molecule has 1 aromatic carbocycles. The van der Waals surface area contributed by atoms with Crippen molar-refractivity contribution in [3.8, 4) is 11.5 Å². The number of fused-ring (bicyclic) bond motifs is 1. The quantitative estimate of drug-likeness (QED) is 0.891. The molecule has 3 rings (SSSR count). The van der Waals surface area contributed by atoms with Crippen molar-refractivity contribution in [1.82, 2.24) is 0 Å². The van der Waals surface area contributed by atoms with Crippen molar-refractivity contribution in [2.45, 2.75) is 25.2 Å². The summed E-state index contributed by atoms with van der Waals surface area (Å²) in [5.74, 6) is -1.12. The molecule has 0 fully saturated rings. The summed E-state index contributed by atoms with van der Waals surface area (Å²) in [6.45, 7) is 0. The number of aliphatic carboxylic acids is 1. The zero-order chi connectivity index (χ0) is 15.9. The van der Waals surface area contributed by atoms with E-state index in [2.05, 4.69) is 5.32 Å². The first-order valence-corrected chi connectivity index (χ1v) is 7.08. The first-order valence-electron chi connectivity index (χ1n) is 7.08. The Bertz CT molecular complexity index is 692. The lowest BCUT2D eigenvalue weighted by atomic mass is 9.79. The van der Waals surface area contributed by atoms with E-state index >= 15 is 0 Å². The number of hydrogen-bond acceptors (Lipinski definition) is 5. The summed E-state index contributed by atoms with van der Waals surface area (Å²) in [5, 5.41) is 12.8. The monoisotopic (exact) mass is 303 g/mol. The maximum absolute atomic E-state index is 12.2. The molecule has 0 spiro atoms. The van der Waals surface area contributed by atoms with Gasteiger partial charge in [-0.15, -0.1) is 0 Å². The first kappa shape index (κ1) is 14.4. The van der Waals surface area contributed by atoms with Crippen molar-refractivity contribution in [2.24, 2.45) is 0 Å². The van der Waals surface area contributed by atoms with E-state index in [9.17, 15) is 14.7 Å². The fourth-order valence-corrected chi connectivity index (χ4v) is 3.14. The molecule has 0 amide bonds. The number of allylic oxidation sites excluding steroid dienone is 1. The third-order valence-electron chi connectivity index (χ3n) is 4.14. The standard InChI is InChI=1S/C16H17NO5/c1-21-12-6-8-10(7-13(12)22-2)17-9-4-3-5-11(18)15(9)14(8)16(19)20/h6-7,14,17H,3-5H2,1-2H3,(H,19,20). The molecule has 0 aromatic heterocycles. The Morgan fingerprint density at radius 2 is 1.91 bits per heavy atom. The molecule has 1 heterocycles. The predicted octanol–water partition coefficient (Wildman–Crippen LogP) is 2.30. The van der Waals surface area contributed by atoms with Crippen LogP contribution in [0.15, 0.2) is 23.4 Å². The second kappa shape index (κ2) is 5.36. The number of carboxylic acids is 1. The van der Waals surface area contributed by atoms with Crippen molar-refractivity contribution in [1.29, 1.82) is 0 Å². The zero-order valence-corrected chi connectivity index (χ0v) is 12.4. The molecular formula is C16H17NO5. The van der Waals surface area contributed by atoms with Crippen LogP contribution in [0.3, 0.4) is 0 Å². The summed E-state index contributed by atoms with van der Waals surface area (Å²) in [6, 6.07) is 3.35. The summed E-state index contributed by atoms with van der Waals surface area (Å²) in [7, 11) is 3.02. The molecule has 0 saturated carbocycles. The Hall–Kier alpha value is -2.50. The maximum atomic E-state index is 12.2. The number of ketones is 1. The summed E-state index contributed by atoms with van der Waals surface area (Å²) in [4.78, 5) is 24.0. The van der Waals surface area contributed by atoms with Gasteiger partial charge in [-0.05, 0) is 24.5 Å². The Labute approximate surface area is 127 Å². The minimum atomic E-state index is -1.03. The van der Waals surface area contributed by atoms with E-state index in [4.69, 9.17) is 9.47 Å². The van der Waals surface area contributed by atoms with Crippen molar-refractivity contribution < 1.29 is 24.2 Å². The number of hydrogen-bond donors (Lipinski definition) is 2. The number of methoxy groups -OCH3 is 2. The number of benzene rings is 1. The number of nitrogens with one attached hydrogen (secondary N) is 1. The average Bonchev–Trinajstić information content (AvgIpc) is 2.51. The highest BCUT2D eigenvalue weighted by molar-refractivity contribution is 6.06. The van der Waals surface area contributed by atoms with Crippen LogP contribution >= 0.6 is 0 Å². The van der Waals surface area contributed by atoms with Gasteiger partial charge in [0.05, 0.1) is 14.2 Å². The van der Waals surface area contributed by atoms with Gasteiger partial charge in [0.2, 0.25) is 0 Å². The van der Waals surface area contributed by atoms with Crippen LogP contribution in [0.5, 0.6) is 11.5 Å². The Kier molecular flexibility index (Phi) is 3.52. The highest BCUT2D eigenvalue weighted by Gasteiger charge is 2.39. The zero-order valence-electron chi connectivity index (χ0n) is 12.4. The molecule has 1 unspecified atom stereocenters. The maximum Gasteiger partial charge on any atom is 0.315 e. The van der Waals surface area contributed by atoms with E-state index in [1.807, 2.05) is 0 Å². The molecule has 22 heavy (non-hydrogen) atoms. The van der Waals surface area contributed by atoms with Crippen LogP contribution in [-0.2, 0) is 9.59 Å². The second-order valence-electron chi connectivity index (χ2n) is 5.36. The third-order valence-corrected chi connectivity index (χ3v) is 4.14. The summed E-state index contributed by atoms with van der Waals surface area (Å²) >= 11 is 0. The van der Waals surface area contributed by atoms with Crippen LogP contribution in [0.4, 0.5) is 5.69 Å². The SMILES string of the molecule is COc1cc2c(cc1OC)C(C(=O)O)C1=C(CCCC1=O)N2. The highest BCUT2D eigenvalue weighted by Crippen LogP contribution is 2.45. The van der Waals surface area contributed by atoms with E-state index < -0.39 is 11.9 Å². The Balaban J connectivity index is 2.20. The number of carboxylic acid groups (broad SMARTS) is 1. The van der Waals surface area contributed by atoms with Gasteiger partial charge in [0, 0.05) is 29.4 Å². The number of carbonyl (C=O) groups is 2. The Morgan fingerprint density at radius 1 is 1.23 bits per heavy atom. The van der Waals surface area contributed by atoms with Crippen molar-refractivity contribution in [2.75, 3.05) is 19.5 Å². The smallest absolute Gasteiger partial charge is 0.315 e. The average molecular weight is 303 g/mol. The van der Waals surface area contributed by atoms with E-state index in [-0.39, 0.29) is 5.78 Å². The van der Waals surface area contributed by atoms with E-state index in [0.29, 0.717) is 46.9 Å². The van der Waals surface area contributed by atoms with Crippen molar-refractivity contribution >= 4 is 17.4 Å². The van der Waals surface area contributed by atoms with Crippen molar-refractivity contribution in [3.63, 3.8) is 0 Å². The van der Waals surface area contributed by atoms with Gasteiger partial charge in [0.1, 0.15) is 5.92 Å². The van der Waals surface area contributed by atoms with Gasteiger partial charge in [0.25, 0.3) is 0 Å². The lowest BCUT2D eigenvalue weighted by molar-refractivity contribution is -0.138. The van der Waals surface area contributed by atoms with Gasteiger partial charge in [-0.3, -0.25) is 9.59 Å². The molecule has 0 saturated heterocycles. The molecule has 2 N–H and O–H groups in total. The predicted molar refractivity (Wildman–Crippen MR) is 79.4 cm³/mol. The third kappa shape index (κ3) is 2.11. The molecule has 6 heteroatoms. The van der Waals surface area contributed by atoms with Crippen LogP contribution in [0.2, 0.25) is 0 Å². The number of Topliss-reactive ketones (excluding diaryl/α,β-unsaturated/α-hetero) is 1. The fraction of sp³-hybridized carbons (Fsp3) is 0.375. The van der Waals surface area contributed by atoms with Crippen molar-refractivity contribution in [3.05, 3.63) is 29.0 Å². The Morgan fingerprint density at radius 3 is 2.55 bits per heavy atom. The number of rotatable bonds is 3. The first-order chi connectivity index (χ1) is 10.6. The largest absolute Gasteiger partial charge is 0.493 e. The van der Waals surface area contributed by atoms with Gasteiger partial charge < -0.3 is 19.9 Å².